The van der Waals surface area contributed by atoms with Crippen LogP contribution in [0.15, 0.2) is 36.4 Å². The minimum absolute atomic E-state index is 0.0502. The molecule has 1 aromatic carbocycles. The number of rotatable bonds is 6. The minimum Gasteiger partial charge on any atom is -0.359 e. The van der Waals surface area contributed by atoms with Crippen LogP contribution in [0.3, 0.4) is 0 Å². The fourth-order valence-electron chi connectivity index (χ4n) is 7.18. The topological polar surface area (TPSA) is 87.7 Å². The van der Waals surface area contributed by atoms with E-state index in [2.05, 4.69) is 38.3 Å². The first-order chi connectivity index (χ1) is 17.7. The number of carbonyl (C=O) groups is 3. The summed E-state index contributed by atoms with van der Waals surface area (Å²) in [6.07, 6.45) is 8.30. The third-order valence-corrected chi connectivity index (χ3v) is 9.68. The molecular formula is C30H39N3O4. The van der Waals surface area contributed by atoms with Gasteiger partial charge in [0.1, 0.15) is 11.6 Å². The van der Waals surface area contributed by atoms with Crippen LogP contribution in [-0.2, 0) is 19.1 Å². The van der Waals surface area contributed by atoms with Crippen molar-refractivity contribution in [2.24, 2.45) is 23.7 Å². The Hall–Kier alpha value is -2.67. The van der Waals surface area contributed by atoms with Crippen LogP contribution in [0.2, 0.25) is 0 Å². The predicted octanol–water partition coefficient (Wildman–Crippen LogP) is 4.00. The van der Waals surface area contributed by atoms with Gasteiger partial charge in [-0.05, 0) is 54.7 Å². The van der Waals surface area contributed by atoms with E-state index in [9.17, 15) is 14.4 Å². The maximum absolute atomic E-state index is 13.9. The van der Waals surface area contributed by atoms with Crippen LogP contribution in [0, 0.1) is 23.7 Å². The fourth-order valence-corrected chi connectivity index (χ4v) is 7.18. The van der Waals surface area contributed by atoms with Gasteiger partial charge in [0.05, 0.1) is 17.9 Å². The first-order valence-electron chi connectivity index (χ1n) is 14.1. The number of nitrogens with zero attached hydrogens (tertiary/aromatic N) is 1. The third kappa shape index (κ3) is 3.92. The van der Waals surface area contributed by atoms with Crippen LogP contribution in [0.5, 0.6) is 0 Å². The van der Waals surface area contributed by atoms with Crippen LogP contribution in [-0.4, -0.2) is 52.5 Å². The molecule has 37 heavy (non-hydrogen) atoms. The van der Waals surface area contributed by atoms with Gasteiger partial charge < -0.3 is 20.3 Å². The Kier molecular flexibility index (Phi) is 5.98. The second-order valence-electron chi connectivity index (χ2n) is 12.3. The van der Waals surface area contributed by atoms with Crippen molar-refractivity contribution in [1.82, 2.24) is 10.2 Å². The lowest BCUT2D eigenvalue weighted by molar-refractivity contribution is -0.142. The quantitative estimate of drug-likeness (QED) is 0.572. The summed E-state index contributed by atoms with van der Waals surface area (Å²) in [5.74, 6) is -0.476. The Labute approximate surface area is 219 Å². The van der Waals surface area contributed by atoms with Crippen LogP contribution >= 0.6 is 0 Å². The Morgan fingerprint density at radius 3 is 2.46 bits per heavy atom. The monoisotopic (exact) mass is 505 g/mol. The number of hydrogen-bond acceptors (Lipinski definition) is 4. The molecule has 7 nitrogen and oxygen atoms in total. The van der Waals surface area contributed by atoms with Gasteiger partial charge in [0.15, 0.2) is 0 Å². The van der Waals surface area contributed by atoms with Gasteiger partial charge in [0.25, 0.3) is 0 Å². The van der Waals surface area contributed by atoms with Gasteiger partial charge in [-0.1, -0.05) is 64.8 Å². The number of anilines is 1. The van der Waals surface area contributed by atoms with Crippen molar-refractivity contribution in [3.05, 3.63) is 42.0 Å². The zero-order chi connectivity index (χ0) is 26.1. The molecule has 8 atom stereocenters. The second kappa shape index (κ2) is 8.97. The summed E-state index contributed by atoms with van der Waals surface area (Å²) >= 11 is 0. The SMILES string of the molecule is CC(C)c1ccc(NC(=O)[C@H]2[C@H]3C=C[C@@]4(O3)[C@H]2C(=O)N(C2CC2)[C@@H]4C(=O)N[C@@H]2CCC[C@@H](C)[C@H]2C)cc1. The van der Waals surface area contributed by atoms with Gasteiger partial charge in [-0.25, -0.2) is 0 Å². The number of amides is 3. The van der Waals surface area contributed by atoms with E-state index in [0.29, 0.717) is 23.4 Å². The predicted molar refractivity (Wildman–Crippen MR) is 141 cm³/mol. The highest BCUT2D eigenvalue weighted by atomic mass is 16.5. The Balaban J connectivity index is 1.26. The van der Waals surface area contributed by atoms with Crippen LogP contribution in [0.25, 0.3) is 0 Å². The zero-order valence-corrected chi connectivity index (χ0v) is 22.3. The van der Waals surface area contributed by atoms with Gasteiger partial charge >= 0.3 is 0 Å². The van der Waals surface area contributed by atoms with E-state index in [1.807, 2.05) is 36.4 Å². The van der Waals surface area contributed by atoms with Crippen LogP contribution in [0.1, 0.15) is 71.3 Å². The highest BCUT2D eigenvalue weighted by molar-refractivity contribution is 6.03. The Morgan fingerprint density at radius 2 is 1.78 bits per heavy atom. The molecular weight excluding hydrogens is 466 g/mol. The average Bonchev–Trinajstić information content (AvgIpc) is 3.46. The second-order valence-corrected chi connectivity index (χ2v) is 12.3. The number of fused-ring (bicyclic) bond motifs is 1. The maximum atomic E-state index is 13.9. The molecule has 3 heterocycles. The minimum atomic E-state index is -1.08. The summed E-state index contributed by atoms with van der Waals surface area (Å²) < 4.78 is 6.46. The molecule has 7 heteroatoms. The molecule has 2 saturated heterocycles. The van der Waals surface area contributed by atoms with Crippen LogP contribution < -0.4 is 10.6 Å². The van der Waals surface area contributed by atoms with Crippen LogP contribution in [0.4, 0.5) is 5.69 Å². The van der Waals surface area contributed by atoms with E-state index in [0.717, 1.165) is 25.7 Å². The van der Waals surface area contributed by atoms with Crippen molar-refractivity contribution < 1.29 is 19.1 Å². The van der Waals surface area contributed by atoms with Gasteiger partial charge in [0, 0.05) is 17.8 Å². The van der Waals surface area contributed by atoms with Gasteiger partial charge in [0.2, 0.25) is 17.7 Å². The van der Waals surface area contributed by atoms with Crippen molar-refractivity contribution in [3.63, 3.8) is 0 Å². The molecule has 2 saturated carbocycles. The first kappa shape index (κ1) is 24.7. The highest BCUT2D eigenvalue weighted by Gasteiger charge is 2.74. The number of carbonyl (C=O) groups excluding carboxylic acids is 3. The third-order valence-electron chi connectivity index (χ3n) is 9.68. The average molecular weight is 506 g/mol. The summed E-state index contributed by atoms with van der Waals surface area (Å²) in [6.45, 7) is 8.72. The summed E-state index contributed by atoms with van der Waals surface area (Å²) in [6, 6.07) is 7.26. The molecule has 1 aromatic rings. The van der Waals surface area contributed by atoms with Crippen molar-refractivity contribution >= 4 is 23.4 Å². The number of ether oxygens (including phenoxy) is 1. The Bertz CT molecular complexity index is 1130. The van der Waals surface area contributed by atoms with E-state index >= 15 is 0 Å². The largest absolute Gasteiger partial charge is 0.359 e. The number of benzene rings is 1. The molecule has 0 unspecified atom stereocenters. The molecule has 3 aliphatic heterocycles. The van der Waals surface area contributed by atoms with Gasteiger partial charge in [-0.3, -0.25) is 14.4 Å². The van der Waals surface area contributed by atoms with Crippen molar-refractivity contribution in [3.8, 4) is 0 Å². The summed E-state index contributed by atoms with van der Waals surface area (Å²) in [5, 5.41) is 6.34. The molecule has 2 N–H and O–H groups in total. The van der Waals surface area contributed by atoms with E-state index in [1.54, 1.807) is 4.90 Å². The molecule has 3 amide bonds. The summed E-state index contributed by atoms with van der Waals surface area (Å²) in [5.41, 5.74) is 0.820. The normalized spacial score (nSPS) is 38.2. The van der Waals surface area contributed by atoms with Gasteiger partial charge in [-0.2, -0.15) is 0 Å². The lowest BCUT2D eigenvalue weighted by atomic mass is 9.73. The molecule has 2 aliphatic carbocycles. The summed E-state index contributed by atoms with van der Waals surface area (Å²) in [4.78, 5) is 43.2. The summed E-state index contributed by atoms with van der Waals surface area (Å²) in [7, 11) is 0. The number of hydrogen-bond donors (Lipinski definition) is 2. The van der Waals surface area contributed by atoms with E-state index < -0.39 is 29.6 Å². The first-order valence-corrected chi connectivity index (χ1v) is 14.1. The van der Waals surface area contributed by atoms with Crippen molar-refractivity contribution in [2.45, 2.75) is 95.5 Å². The van der Waals surface area contributed by atoms with Crippen molar-refractivity contribution in [2.75, 3.05) is 5.32 Å². The smallest absolute Gasteiger partial charge is 0.246 e. The van der Waals surface area contributed by atoms with Crippen molar-refractivity contribution in [1.29, 1.82) is 0 Å². The molecule has 6 rings (SSSR count). The number of likely N-dealkylation sites (tertiary alicyclic amines) is 1. The molecule has 0 radical (unpaired) electrons. The maximum Gasteiger partial charge on any atom is 0.246 e. The molecule has 1 spiro atoms. The molecule has 198 valence electrons. The highest BCUT2D eigenvalue weighted by Crippen LogP contribution is 2.57. The zero-order valence-electron chi connectivity index (χ0n) is 22.3. The number of nitrogens with one attached hydrogen (secondary N) is 2. The molecule has 2 bridgehead atoms. The lowest BCUT2D eigenvalue weighted by Gasteiger charge is -2.38. The lowest BCUT2D eigenvalue weighted by Crippen LogP contribution is -2.58. The Morgan fingerprint density at radius 1 is 1.05 bits per heavy atom. The fraction of sp³-hybridized carbons (Fsp3) is 0.633. The molecule has 0 aromatic heterocycles. The van der Waals surface area contributed by atoms with E-state index in [1.165, 1.54) is 12.0 Å². The van der Waals surface area contributed by atoms with E-state index in [4.69, 9.17) is 4.74 Å². The standard InChI is InChI=1S/C30H39N3O4/c1-16(2)19-8-10-20(11-9-19)31-27(34)24-23-14-15-30(37-23)25(24)29(36)33(21-12-13-21)26(30)28(35)32-22-7-5-6-17(3)18(22)4/h8-11,14-18,21-26H,5-7,12-13H2,1-4H3,(H,31,34)(H,32,35)/t17-,18-,22-,23-,24+,25-,26-,30-/m1/s1. The van der Waals surface area contributed by atoms with Gasteiger partial charge in [-0.15, -0.1) is 0 Å². The van der Waals surface area contributed by atoms with E-state index in [-0.39, 0.29) is 29.8 Å². The molecule has 5 aliphatic rings. The molecule has 4 fully saturated rings.